The van der Waals surface area contributed by atoms with Crippen LogP contribution in [0.2, 0.25) is 0 Å². The zero-order valence-corrected chi connectivity index (χ0v) is 12.4. The number of carboxylic acids is 1. The largest absolute Gasteiger partial charge is 0.493 e. The molecule has 1 fully saturated rings. The quantitative estimate of drug-likeness (QED) is 0.839. The molecule has 20 heavy (non-hydrogen) atoms. The summed E-state index contributed by atoms with van der Waals surface area (Å²) >= 11 is 1.57. The third-order valence-electron chi connectivity index (χ3n) is 3.04. The number of para-hydroxylation sites is 1. The molecule has 2 rings (SSSR count). The zero-order chi connectivity index (χ0) is 14.5. The summed E-state index contributed by atoms with van der Waals surface area (Å²) in [7, 11) is 1.60. The van der Waals surface area contributed by atoms with Gasteiger partial charge in [0.1, 0.15) is 6.04 Å². The van der Waals surface area contributed by atoms with Gasteiger partial charge in [-0.15, -0.1) is 11.8 Å². The Hall–Kier alpha value is -1.40. The van der Waals surface area contributed by atoms with Crippen molar-refractivity contribution >= 4 is 17.7 Å². The summed E-state index contributed by atoms with van der Waals surface area (Å²) in [5, 5.41) is 12.1. The van der Waals surface area contributed by atoms with E-state index in [1.165, 1.54) is 0 Å². The second-order valence-corrected chi connectivity index (χ2v) is 5.64. The molecular formula is C14H19NO4S. The monoisotopic (exact) mass is 297 g/mol. The minimum Gasteiger partial charge on any atom is -0.493 e. The van der Waals surface area contributed by atoms with Crippen molar-refractivity contribution in [3.8, 4) is 11.5 Å². The minimum absolute atomic E-state index is 0.0851. The van der Waals surface area contributed by atoms with Crippen LogP contribution >= 0.6 is 11.8 Å². The summed E-state index contributed by atoms with van der Waals surface area (Å²) in [4.78, 5) is 11.0. The van der Waals surface area contributed by atoms with Crippen LogP contribution in [0.4, 0.5) is 0 Å². The molecule has 6 heteroatoms. The van der Waals surface area contributed by atoms with Gasteiger partial charge in [0, 0.05) is 11.3 Å². The van der Waals surface area contributed by atoms with Crippen LogP contribution in [0.5, 0.6) is 11.5 Å². The van der Waals surface area contributed by atoms with Gasteiger partial charge in [-0.05, 0) is 12.5 Å². The molecule has 0 saturated carbocycles. The molecule has 1 aliphatic heterocycles. The number of methoxy groups -OCH3 is 1. The first-order valence-electron chi connectivity index (χ1n) is 6.57. The van der Waals surface area contributed by atoms with Gasteiger partial charge < -0.3 is 14.6 Å². The first kappa shape index (κ1) is 15.0. The fraction of sp³-hybridized carbons (Fsp3) is 0.500. The Morgan fingerprint density at radius 2 is 2.35 bits per heavy atom. The van der Waals surface area contributed by atoms with Gasteiger partial charge in [-0.3, -0.25) is 10.1 Å². The number of nitrogens with one attached hydrogen (secondary N) is 1. The fourth-order valence-electron chi connectivity index (χ4n) is 2.05. The smallest absolute Gasteiger partial charge is 0.321 e. The van der Waals surface area contributed by atoms with Crippen molar-refractivity contribution in [1.29, 1.82) is 0 Å². The van der Waals surface area contributed by atoms with E-state index < -0.39 is 12.0 Å². The lowest BCUT2D eigenvalue weighted by Crippen LogP contribution is -2.33. The van der Waals surface area contributed by atoms with E-state index in [1.807, 2.05) is 25.1 Å². The average molecular weight is 297 g/mol. The van der Waals surface area contributed by atoms with Crippen LogP contribution in [0.3, 0.4) is 0 Å². The second kappa shape index (κ2) is 6.85. The van der Waals surface area contributed by atoms with Crippen LogP contribution < -0.4 is 14.8 Å². The molecule has 0 bridgehead atoms. The Morgan fingerprint density at radius 3 is 2.95 bits per heavy atom. The molecule has 110 valence electrons. The lowest BCUT2D eigenvalue weighted by Gasteiger charge is -2.18. The summed E-state index contributed by atoms with van der Waals surface area (Å²) in [6.07, 6.45) is 0.903. The number of hydrogen-bond donors (Lipinski definition) is 2. The van der Waals surface area contributed by atoms with Crippen LogP contribution in [0.1, 0.15) is 24.3 Å². The molecule has 1 aliphatic rings. The van der Waals surface area contributed by atoms with Gasteiger partial charge in [-0.2, -0.15) is 0 Å². The minimum atomic E-state index is -0.820. The van der Waals surface area contributed by atoms with Crippen molar-refractivity contribution in [3.05, 3.63) is 23.8 Å². The van der Waals surface area contributed by atoms with Crippen molar-refractivity contribution in [2.24, 2.45) is 0 Å². The van der Waals surface area contributed by atoms with Crippen LogP contribution in [0.15, 0.2) is 18.2 Å². The van der Waals surface area contributed by atoms with E-state index in [4.69, 9.17) is 14.6 Å². The van der Waals surface area contributed by atoms with E-state index in [9.17, 15) is 4.79 Å². The third-order valence-corrected chi connectivity index (χ3v) is 4.29. The Labute approximate surface area is 122 Å². The second-order valence-electron chi connectivity index (χ2n) is 4.50. The van der Waals surface area contributed by atoms with E-state index in [0.717, 1.165) is 12.0 Å². The zero-order valence-electron chi connectivity index (χ0n) is 11.6. The van der Waals surface area contributed by atoms with Gasteiger partial charge in [0.2, 0.25) is 0 Å². The Morgan fingerprint density at radius 1 is 1.55 bits per heavy atom. The predicted octanol–water partition coefficient (Wildman–Crippen LogP) is 2.27. The molecule has 2 atom stereocenters. The van der Waals surface area contributed by atoms with Crippen molar-refractivity contribution in [1.82, 2.24) is 5.32 Å². The number of benzene rings is 1. The first-order chi connectivity index (χ1) is 9.67. The average Bonchev–Trinajstić information content (AvgIpc) is 2.94. The van der Waals surface area contributed by atoms with Gasteiger partial charge in [-0.1, -0.05) is 19.1 Å². The SMILES string of the molecule is CCCOc1c(OC)cccc1C1NC(C(=O)O)CS1. The normalized spacial score (nSPS) is 21.7. The number of hydrogen-bond acceptors (Lipinski definition) is 5. The highest BCUT2D eigenvalue weighted by Crippen LogP contribution is 2.42. The Kier molecular flexibility index (Phi) is 5.14. The Bertz CT molecular complexity index is 480. The maximum Gasteiger partial charge on any atom is 0.321 e. The highest BCUT2D eigenvalue weighted by Gasteiger charge is 2.32. The lowest BCUT2D eigenvalue weighted by atomic mass is 10.1. The first-order valence-corrected chi connectivity index (χ1v) is 7.62. The van der Waals surface area contributed by atoms with Crippen molar-refractivity contribution in [2.75, 3.05) is 19.5 Å². The third kappa shape index (κ3) is 3.19. The molecule has 5 nitrogen and oxygen atoms in total. The van der Waals surface area contributed by atoms with Gasteiger partial charge in [0.25, 0.3) is 0 Å². The molecule has 1 aromatic rings. The van der Waals surface area contributed by atoms with Crippen LogP contribution in [-0.4, -0.2) is 36.6 Å². The highest BCUT2D eigenvalue weighted by atomic mass is 32.2. The maximum atomic E-state index is 11.0. The fourth-order valence-corrected chi connectivity index (χ4v) is 3.30. The summed E-state index contributed by atoms with van der Waals surface area (Å²) in [5.74, 6) is 1.11. The molecule has 1 aromatic carbocycles. The van der Waals surface area contributed by atoms with Crippen LogP contribution in [-0.2, 0) is 4.79 Å². The molecule has 0 aliphatic carbocycles. The van der Waals surface area contributed by atoms with E-state index >= 15 is 0 Å². The molecule has 2 N–H and O–H groups in total. The van der Waals surface area contributed by atoms with Crippen molar-refractivity contribution in [2.45, 2.75) is 24.8 Å². The Balaban J connectivity index is 2.24. The summed E-state index contributed by atoms with van der Waals surface area (Å²) in [5.41, 5.74) is 0.937. The van der Waals surface area contributed by atoms with E-state index in [2.05, 4.69) is 5.32 Å². The molecule has 0 radical (unpaired) electrons. The maximum absolute atomic E-state index is 11.0. The lowest BCUT2D eigenvalue weighted by molar-refractivity contribution is -0.138. The molecule has 1 heterocycles. The van der Waals surface area contributed by atoms with Crippen molar-refractivity contribution < 1.29 is 19.4 Å². The van der Waals surface area contributed by atoms with Gasteiger partial charge in [-0.25, -0.2) is 0 Å². The van der Waals surface area contributed by atoms with Crippen LogP contribution in [0.25, 0.3) is 0 Å². The molecule has 2 unspecified atom stereocenters. The van der Waals surface area contributed by atoms with Gasteiger partial charge >= 0.3 is 5.97 Å². The number of rotatable bonds is 6. The van der Waals surface area contributed by atoms with E-state index in [-0.39, 0.29) is 5.37 Å². The van der Waals surface area contributed by atoms with Crippen molar-refractivity contribution in [3.63, 3.8) is 0 Å². The molecular weight excluding hydrogens is 278 g/mol. The summed E-state index contributed by atoms with van der Waals surface area (Å²) < 4.78 is 11.1. The summed E-state index contributed by atoms with van der Waals surface area (Å²) in [6, 6.07) is 5.17. The molecule has 1 saturated heterocycles. The number of ether oxygens (including phenoxy) is 2. The van der Waals surface area contributed by atoms with Gasteiger partial charge in [0.05, 0.1) is 19.1 Å². The molecule has 0 amide bonds. The van der Waals surface area contributed by atoms with E-state index in [0.29, 0.717) is 23.9 Å². The topological polar surface area (TPSA) is 67.8 Å². The molecule has 0 spiro atoms. The van der Waals surface area contributed by atoms with E-state index in [1.54, 1.807) is 18.9 Å². The van der Waals surface area contributed by atoms with Crippen LogP contribution in [0, 0.1) is 0 Å². The molecule has 0 aromatic heterocycles. The van der Waals surface area contributed by atoms with Gasteiger partial charge in [0.15, 0.2) is 11.5 Å². The number of thioether (sulfide) groups is 1. The predicted molar refractivity (Wildman–Crippen MR) is 78.5 cm³/mol. The standard InChI is InChI=1S/C14H19NO4S/c1-3-7-19-12-9(5-4-6-11(12)18-2)13-15-10(8-20-13)14(16)17/h4-6,10,13,15H,3,7-8H2,1-2H3,(H,16,17). The highest BCUT2D eigenvalue weighted by molar-refractivity contribution is 7.99. The summed E-state index contributed by atoms with van der Waals surface area (Å²) in [6.45, 7) is 2.64. The number of aliphatic carboxylic acids is 1. The number of carboxylic acid groups (broad SMARTS) is 1. The number of carbonyl (C=O) groups is 1.